The fourth-order valence-electron chi connectivity index (χ4n) is 4.88. The Labute approximate surface area is 207 Å². The van der Waals surface area contributed by atoms with E-state index < -0.39 is 5.82 Å². The molecular weight excluding hydrogens is 459 g/mol. The van der Waals surface area contributed by atoms with E-state index in [1.807, 2.05) is 29.9 Å². The van der Waals surface area contributed by atoms with Crippen molar-refractivity contribution >= 4 is 11.3 Å². The first-order chi connectivity index (χ1) is 17.4. The number of aromatic nitrogens is 4. The molecule has 8 nitrogen and oxygen atoms in total. The maximum Gasteiger partial charge on any atom is 0.258 e. The SMILES string of the molecule is Cc1cc(=O)n2cc(N3CC(C)OC(c4cnn(C5CC5)c4)C3)cc(-c3ccc(C#N)cc3F)c2n1. The van der Waals surface area contributed by atoms with Crippen molar-refractivity contribution in [2.45, 2.75) is 44.9 Å². The van der Waals surface area contributed by atoms with Crippen LogP contribution in [-0.2, 0) is 4.74 Å². The second-order valence-electron chi connectivity index (χ2n) is 9.67. The highest BCUT2D eigenvalue weighted by Gasteiger charge is 2.30. The second-order valence-corrected chi connectivity index (χ2v) is 9.67. The average Bonchev–Trinajstić information content (AvgIpc) is 3.59. The highest BCUT2D eigenvalue weighted by Crippen LogP contribution is 2.37. The van der Waals surface area contributed by atoms with Crippen molar-refractivity contribution in [1.29, 1.82) is 5.26 Å². The number of pyridine rings is 1. The molecule has 36 heavy (non-hydrogen) atoms. The summed E-state index contributed by atoms with van der Waals surface area (Å²) in [6, 6.07) is 10.1. The van der Waals surface area contributed by atoms with Crippen LogP contribution >= 0.6 is 0 Å². The molecular formula is C27H25FN6O2. The summed E-state index contributed by atoms with van der Waals surface area (Å²) in [6.07, 6.45) is 7.76. The number of aryl methyl sites for hydroxylation is 1. The van der Waals surface area contributed by atoms with Crippen LogP contribution in [0.4, 0.5) is 10.1 Å². The molecule has 9 heteroatoms. The van der Waals surface area contributed by atoms with Crippen LogP contribution in [0.25, 0.3) is 16.8 Å². The minimum atomic E-state index is -0.537. The summed E-state index contributed by atoms with van der Waals surface area (Å²) in [5.74, 6) is -0.537. The van der Waals surface area contributed by atoms with E-state index >= 15 is 4.39 Å². The van der Waals surface area contributed by atoms with Gasteiger partial charge in [-0.05, 0) is 51.0 Å². The minimum Gasteiger partial charge on any atom is -0.367 e. The molecule has 6 rings (SSSR count). The summed E-state index contributed by atoms with van der Waals surface area (Å²) in [5.41, 5.74) is 3.48. The van der Waals surface area contributed by atoms with Crippen LogP contribution in [0.15, 0.2) is 53.7 Å². The lowest BCUT2D eigenvalue weighted by Crippen LogP contribution is -2.43. The number of nitrogens with zero attached hydrogens (tertiary/aromatic N) is 6. The minimum absolute atomic E-state index is 0.0633. The predicted octanol–water partition coefficient (Wildman–Crippen LogP) is 4.18. The van der Waals surface area contributed by atoms with E-state index in [1.54, 1.807) is 25.3 Å². The summed E-state index contributed by atoms with van der Waals surface area (Å²) in [6.45, 7) is 4.94. The molecule has 182 valence electrons. The van der Waals surface area contributed by atoms with E-state index in [4.69, 9.17) is 10.00 Å². The van der Waals surface area contributed by atoms with Gasteiger partial charge in [0.1, 0.15) is 17.6 Å². The van der Waals surface area contributed by atoms with E-state index in [-0.39, 0.29) is 28.9 Å². The molecule has 2 unspecified atom stereocenters. The van der Waals surface area contributed by atoms with Crippen molar-refractivity contribution in [3.8, 4) is 17.2 Å². The van der Waals surface area contributed by atoms with Crippen LogP contribution in [0, 0.1) is 24.1 Å². The maximum absolute atomic E-state index is 15.1. The van der Waals surface area contributed by atoms with Gasteiger partial charge >= 0.3 is 0 Å². The van der Waals surface area contributed by atoms with Crippen LogP contribution < -0.4 is 10.5 Å². The Morgan fingerprint density at radius 3 is 2.72 bits per heavy atom. The van der Waals surface area contributed by atoms with Crippen LogP contribution in [-0.4, -0.2) is 38.4 Å². The third-order valence-corrected chi connectivity index (χ3v) is 6.80. The molecule has 1 aliphatic heterocycles. The number of rotatable bonds is 4. The van der Waals surface area contributed by atoms with Crippen molar-refractivity contribution < 1.29 is 9.13 Å². The Morgan fingerprint density at radius 2 is 1.97 bits per heavy atom. The van der Waals surface area contributed by atoms with Crippen molar-refractivity contribution in [1.82, 2.24) is 19.2 Å². The Hall–Kier alpha value is -4.03. The predicted molar refractivity (Wildman–Crippen MR) is 132 cm³/mol. The number of nitriles is 1. The summed E-state index contributed by atoms with van der Waals surface area (Å²) < 4.78 is 24.9. The Kier molecular flexibility index (Phi) is 5.34. The molecule has 0 amide bonds. The lowest BCUT2D eigenvalue weighted by molar-refractivity contribution is -0.0174. The highest BCUT2D eigenvalue weighted by atomic mass is 19.1. The first-order valence-corrected chi connectivity index (χ1v) is 12.1. The monoisotopic (exact) mass is 484 g/mol. The van der Waals surface area contributed by atoms with E-state index in [2.05, 4.69) is 21.2 Å². The molecule has 3 aromatic heterocycles. The number of halogens is 1. The van der Waals surface area contributed by atoms with E-state index in [9.17, 15) is 4.79 Å². The molecule has 0 radical (unpaired) electrons. The molecule has 4 aromatic rings. The Morgan fingerprint density at radius 1 is 1.14 bits per heavy atom. The zero-order chi connectivity index (χ0) is 25.0. The first kappa shape index (κ1) is 22.4. The molecule has 2 fully saturated rings. The zero-order valence-electron chi connectivity index (χ0n) is 20.1. The highest BCUT2D eigenvalue weighted by molar-refractivity contribution is 5.81. The number of benzene rings is 1. The molecule has 1 aliphatic carbocycles. The molecule has 2 aliphatic rings. The fourth-order valence-corrected chi connectivity index (χ4v) is 4.88. The third-order valence-electron chi connectivity index (χ3n) is 6.80. The van der Waals surface area contributed by atoms with Crippen molar-refractivity contribution in [2.24, 2.45) is 0 Å². The van der Waals surface area contributed by atoms with Gasteiger partial charge in [0.05, 0.1) is 35.7 Å². The van der Waals surface area contributed by atoms with Gasteiger partial charge in [-0.2, -0.15) is 10.4 Å². The molecule has 0 N–H and O–H groups in total. The largest absolute Gasteiger partial charge is 0.367 e. The molecule has 2 atom stereocenters. The number of anilines is 1. The van der Waals surface area contributed by atoms with Gasteiger partial charge in [0.25, 0.3) is 5.56 Å². The number of morpholine rings is 1. The van der Waals surface area contributed by atoms with Crippen molar-refractivity contribution in [3.05, 3.63) is 81.9 Å². The van der Waals surface area contributed by atoms with Crippen LogP contribution in [0.5, 0.6) is 0 Å². The maximum atomic E-state index is 15.1. The van der Waals surface area contributed by atoms with Crippen LogP contribution in [0.3, 0.4) is 0 Å². The van der Waals surface area contributed by atoms with Gasteiger partial charge in [0.15, 0.2) is 0 Å². The Balaban J connectivity index is 1.45. The number of hydrogen-bond acceptors (Lipinski definition) is 6. The van der Waals surface area contributed by atoms with Gasteiger partial charge in [-0.25, -0.2) is 9.37 Å². The summed E-state index contributed by atoms with van der Waals surface area (Å²) in [4.78, 5) is 19.7. The van der Waals surface area contributed by atoms with Gasteiger partial charge in [-0.1, -0.05) is 0 Å². The first-order valence-electron chi connectivity index (χ1n) is 12.1. The fraction of sp³-hybridized carbons (Fsp3) is 0.333. The third kappa shape index (κ3) is 4.03. The molecule has 1 saturated heterocycles. The number of hydrogen-bond donors (Lipinski definition) is 0. The van der Waals surface area contributed by atoms with Gasteiger partial charge < -0.3 is 9.64 Å². The van der Waals surface area contributed by atoms with Crippen molar-refractivity contribution in [3.63, 3.8) is 0 Å². The summed E-state index contributed by atoms with van der Waals surface area (Å²) >= 11 is 0. The zero-order valence-corrected chi connectivity index (χ0v) is 20.1. The van der Waals surface area contributed by atoms with E-state index in [0.717, 1.165) is 24.1 Å². The summed E-state index contributed by atoms with van der Waals surface area (Å²) in [5, 5.41) is 13.7. The van der Waals surface area contributed by atoms with Crippen LogP contribution in [0.1, 0.15) is 48.7 Å². The lowest BCUT2D eigenvalue weighted by Gasteiger charge is -2.38. The molecule has 1 saturated carbocycles. The summed E-state index contributed by atoms with van der Waals surface area (Å²) in [7, 11) is 0. The molecule has 4 heterocycles. The molecule has 0 spiro atoms. The van der Waals surface area contributed by atoms with Gasteiger partial charge in [0, 0.05) is 53.9 Å². The molecule has 1 aromatic carbocycles. The smallest absolute Gasteiger partial charge is 0.258 e. The van der Waals surface area contributed by atoms with Crippen LogP contribution in [0.2, 0.25) is 0 Å². The van der Waals surface area contributed by atoms with Gasteiger partial charge in [-0.15, -0.1) is 0 Å². The van der Waals surface area contributed by atoms with E-state index in [1.165, 1.54) is 16.5 Å². The number of ether oxygens (including phenoxy) is 1. The number of fused-ring (bicyclic) bond motifs is 1. The molecule has 0 bridgehead atoms. The average molecular weight is 485 g/mol. The standard InChI is InChI=1S/C27H25FN6O2/c1-16-7-26(35)33-14-21(9-23(27(33)31-16)22-6-3-18(10-29)8-24(22)28)32-12-17(2)36-25(15-32)19-11-30-34(13-19)20-4-5-20/h3,6-9,11,13-14,17,20,25H,4-5,12,15H2,1-2H3. The van der Waals surface area contributed by atoms with E-state index in [0.29, 0.717) is 36.0 Å². The Bertz CT molecular complexity index is 1580. The van der Waals surface area contributed by atoms with Gasteiger partial charge in [-0.3, -0.25) is 13.9 Å². The normalized spacial score (nSPS) is 20.0. The second kappa shape index (κ2) is 8.57. The quantitative estimate of drug-likeness (QED) is 0.432. The van der Waals surface area contributed by atoms with Crippen molar-refractivity contribution in [2.75, 3.05) is 18.0 Å². The van der Waals surface area contributed by atoms with Gasteiger partial charge in [0.2, 0.25) is 0 Å². The lowest BCUT2D eigenvalue weighted by atomic mass is 10.0. The topological polar surface area (TPSA) is 88.5 Å².